The molecular weight excluding hydrogens is 424 g/mol. The van der Waals surface area contributed by atoms with Gasteiger partial charge >= 0.3 is 5.97 Å². The quantitative estimate of drug-likeness (QED) is 0.350. The average molecular weight is 444 g/mol. The molecule has 164 valence electrons. The maximum Gasteiger partial charge on any atom is 0.360 e. The minimum absolute atomic E-state index is 0.132. The highest BCUT2D eigenvalue weighted by molar-refractivity contribution is 6.02. The highest BCUT2D eigenvalue weighted by Crippen LogP contribution is 2.45. The van der Waals surface area contributed by atoms with E-state index in [2.05, 4.69) is 5.10 Å². The third-order valence-corrected chi connectivity index (χ3v) is 6.24. The zero-order valence-electron chi connectivity index (χ0n) is 18.2. The highest BCUT2D eigenvalue weighted by atomic mass is 16.5. The summed E-state index contributed by atoms with van der Waals surface area (Å²) in [5, 5.41) is 5.40. The molecule has 1 heterocycles. The Hall–Kier alpha value is -4.51. The number of carbonyl (C=O) groups is 1. The van der Waals surface area contributed by atoms with E-state index in [9.17, 15) is 9.59 Å². The summed E-state index contributed by atoms with van der Waals surface area (Å²) in [5.74, 6) is -0.561. The van der Waals surface area contributed by atoms with Crippen LogP contribution in [-0.4, -0.2) is 15.7 Å². The standard InChI is InChI=1S/C29H20N2O3/c32-28-25-17-9-6-14-22(25)26(30-31(28)18-19-10-2-1-3-11-19)29(33)34-27-23-15-7-4-12-20(23)21-13-5-8-16-24(21)27/h1-17,27H,18H2. The summed E-state index contributed by atoms with van der Waals surface area (Å²) >= 11 is 0. The molecular formula is C29H20N2O3. The molecule has 0 fully saturated rings. The summed E-state index contributed by atoms with van der Waals surface area (Å²) in [7, 11) is 0. The van der Waals surface area contributed by atoms with E-state index in [1.807, 2.05) is 78.9 Å². The van der Waals surface area contributed by atoms with Gasteiger partial charge in [0.2, 0.25) is 0 Å². The van der Waals surface area contributed by atoms with Gasteiger partial charge < -0.3 is 4.74 Å². The summed E-state index contributed by atoms with van der Waals surface area (Å²) in [6.45, 7) is 0.264. The third kappa shape index (κ3) is 3.30. The van der Waals surface area contributed by atoms with Gasteiger partial charge in [0.1, 0.15) is 0 Å². The fourth-order valence-corrected chi connectivity index (χ4v) is 4.65. The van der Waals surface area contributed by atoms with Crippen molar-refractivity contribution < 1.29 is 9.53 Å². The number of ether oxygens (including phenoxy) is 1. The first kappa shape index (κ1) is 20.1. The number of esters is 1. The number of fused-ring (bicyclic) bond motifs is 4. The summed E-state index contributed by atoms with van der Waals surface area (Å²) in [5.41, 5.74) is 4.81. The summed E-state index contributed by atoms with van der Waals surface area (Å²) < 4.78 is 7.42. The highest BCUT2D eigenvalue weighted by Gasteiger charge is 2.32. The topological polar surface area (TPSA) is 61.2 Å². The fraction of sp³-hybridized carbons (Fsp3) is 0.0690. The van der Waals surface area contributed by atoms with Gasteiger partial charge in [-0.25, -0.2) is 9.48 Å². The van der Waals surface area contributed by atoms with Crippen LogP contribution in [-0.2, 0) is 11.3 Å². The zero-order valence-corrected chi connectivity index (χ0v) is 18.2. The minimum Gasteiger partial charge on any atom is -0.448 e. The van der Waals surface area contributed by atoms with Gasteiger partial charge in [-0.2, -0.15) is 5.10 Å². The molecule has 0 saturated heterocycles. The van der Waals surface area contributed by atoms with Gasteiger partial charge in [0.15, 0.2) is 11.8 Å². The molecule has 0 bridgehead atoms. The second kappa shape index (κ2) is 8.12. The lowest BCUT2D eigenvalue weighted by molar-refractivity contribution is 0.0378. The van der Waals surface area contributed by atoms with E-state index >= 15 is 0 Å². The normalized spacial score (nSPS) is 12.4. The molecule has 6 rings (SSSR count). The van der Waals surface area contributed by atoms with E-state index in [1.54, 1.807) is 24.3 Å². The smallest absolute Gasteiger partial charge is 0.360 e. The van der Waals surface area contributed by atoms with E-state index in [-0.39, 0.29) is 17.8 Å². The molecule has 0 amide bonds. The molecule has 0 saturated carbocycles. The molecule has 5 heteroatoms. The molecule has 0 aliphatic heterocycles. The Labute approximate surface area is 195 Å². The number of benzene rings is 4. The van der Waals surface area contributed by atoms with Gasteiger partial charge in [-0.05, 0) is 22.8 Å². The van der Waals surface area contributed by atoms with Crippen LogP contribution in [0.25, 0.3) is 21.9 Å². The van der Waals surface area contributed by atoms with Crippen LogP contribution in [0, 0.1) is 0 Å². The van der Waals surface area contributed by atoms with Crippen molar-refractivity contribution >= 4 is 16.7 Å². The molecule has 1 aliphatic carbocycles. The molecule has 5 nitrogen and oxygen atoms in total. The molecule has 5 aromatic rings. The van der Waals surface area contributed by atoms with E-state index in [1.165, 1.54) is 4.68 Å². The van der Waals surface area contributed by atoms with Crippen molar-refractivity contribution in [2.24, 2.45) is 0 Å². The van der Waals surface area contributed by atoms with E-state index in [0.717, 1.165) is 27.8 Å². The van der Waals surface area contributed by atoms with Gasteiger partial charge in [-0.1, -0.05) is 97.1 Å². The number of hydrogen-bond acceptors (Lipinski definition) is 4. The van der Waals surface area contributed by atoms with Crippen LogP contribution in [0.1, 0.15) is 33.3 Å². The fourth-order valence-electron chi connectivity index (χ4n) is 4.65. The maximum atomic E-state index is 13.6. The first-order chi connectivity index (χ1) is 16.7. The lowest BCUT2D eigenvalue weighted by atomic mass is 10.1. The molecule has 1 aromatic heterocycles. The van der Waals surface area contributed by atoms with Crippen LogP contribution in [0.15, 0.2) is 108 Å². The molecule has 0 unspecified atom stereocenters. The largest absolute Gasteiger partial charge is 0.448 e. The van der Waals surface area contributed by atoms with Crippen LogP contribution in [0.4, 0.5) is 0 Å². The summed E-state index contributed by atoms with van der Waals surface area (Å²) in [4.78, 5) is 26.7. The number of rotatable bonds is 4. The average Bonchev–Trinajstić information content (AvgIpc) is 3.20. The Morgan fingerprint density at radius 3 is 1.97 bits per heavy atom. The molecule has 1 aliphatic rings. The zero-order chi connectivity index (χ0) is 23.1. The van der Waals surface area contributed by atoms with Crippen molar-refractivity contribution in [3.8, 4) is 11.1 Å². The Morgan fingerprint density at radius 1 is 0.735 bits per heavy atom. The van der Waals surface area contributed by atoms with Crippen LogP contribution >= 0.6 is 0 Å². The summed E-state index contributed by atoms with van der Waals surface area (Å²) in [6, 6.07) is 32.5. The van der Waals surface area contributed by atoms with E-state index in [0.29, 0.717) is 10.8 Å². The lowest BCUT2D eigenvalue weighted by Crippen LogP contribution is -2.27. The molecule has 0 radical (unpaired) electrons. The second-order valence-electron chi connectivity index (χ2n) is 8.30. The Kier molecular flexibility index (Phi) is 4.81. The molecule has 0 spiro atoms. The number of carbonyl (C=O) groups excluding carboxylic acids is 1. The maximum absolute atomic E-state index is 13.6. The van der Waals surface area contributed by atoms with Gasteiger partial charge in [0, 0.05) is 16.5 Å². The van der Waals surface area contributed by atoms with Crippen LogP contribution in [0.3, 0.4) is 0 Å². The van der Waals surface area contributed by atoms with Gasteiger partial charge in [0.05, 0.1) is 11.9 Å². The van der Waals surface area contributed by atoms with E-state index < -0.39 is 12.1 Å². The Morgan fingerprint density at radius 2 is 1.29 bits per heavy atom. The minimum atomic E-state index is -0.561. The monoisotopic (exact) mass is 444 g/mol. The second-order valence-corrected chi connectivity index (χ2v) is 8.30. The van der Waals surface area contributed by atoms with Crippen molar-refractivity contribution in [2.45, 2.75) is 12.6 Å². The van der Waals surface area contributed by atoms with Crippen molar-refractivity contribution in [3.63, 3.8) is 0 Å². The number of hydrogen-bond donors (Lipinski definition) is 0. The van der Waals surface area contributed by atoms with Crippen molar-refractivity contribution in [2.75, 3.05) is 0 Å². The first-order valence-corrected chi connectivity index (χ1v) is 11.1. The third-order valence-electron chi connectivity index (χ3n) is 6.24. The molecule has 34 heavy (non-hydrogen) atoms. The molecule has 0 atom stereocenters. The van der Waals surface area contributed by atoms with Crippen LogP contribution in [0.5, 0.6) is 0 Å². The Balaban J connectivity index is 1.44. The predicted molar refractivity (Wildman–Crippen MR) is 131 cm³/mol. The van der Waals surface area contributed by atoms with Crippen molar-refractivity contribution in [1.29, 1.82) is 0 Å². The summed E-state index contributed by atoms with van der Waals surface area (Å²) in [6.07, 6.45) is -0.532. The SMILES string of the molecule is O=C(OC1c2ccccc2-c2ccccc21)c1nn(Cc2ccccc2)c(=O)c2ccccc12. The number of aromatic nitrogens is 2. The van der Waals surface area contributed by atoms with Gasteiger partial charge in [-0.3, -0.25) is 4.79 Å². The van der Waals surface area contributed by atoms with Crippen molar-refractivity contribution in [3.05, 3.63) is 136 Å². The van der Waals surface area contributed by atoms with Gasteiger partial charge in [-0.15, -0.1) is 0 Å². The molecule has 0 N–H and O–H groups in total. The van der Waals surface area contributed by atoms with Crippen LogP contribution < -0.4 is 5.56 Å². The number of nitrogens with zero attached hydrogens (tertiary/aromatic N) is 2. The van der Waals surface area contributed by atoms with Crippen molar-refractivity contribution in [1.82, 2.24) is 9.78 Å². The van der Waals surface area contributed by atoms with Crippen LogP contribution in [0.2, 0.25) is 0 Å². The first-order valence-electron chi connectivity index (χ1n) is 11.1. The predicted octanol–water partition coefficient (Wildman–Crippen LogP) is 5.37. The van der Waals surface area contributed by atoms with E-state index in [4.69, 9.17) is 4.74 Å². The molecule has 4 aromatic carbocycles. The Bertz CT molecular complexity index is 1560. The van der Waals surface area contributed by atoms with Gasteiger partial charge in [0.25, 0.3) is 5.56 Å². The lowest BCUT2D eigenvalue weighted by Gasteiger charge is -2.16.